The number of aryl methyl sites for hydroxylation is 2. The van der Waals surface area contributed by atoms with E-state index in [-0.39, 0.29) is 5.56 Å². The van der Waals surface area contributed by atoms with E-state index in [9.17, 15) is 4.79 Å². The highest BCUT2D eigenvalue weighted by Crippen LogP contribution is 2.23. The van der Waals surface area contributed by atoms with Crippen LogP contribution >= 0.6 is 0 Å². The van der Waals surface area contributed by atoms with Crippen molar-refractivity contribution in [3.8, 4) is 11.1 Å². The molecule has 0 amide bonds. The number of rotatable bonds is 5. The molecule has 0 aliphatic heterocycles. The third kappa shape index (κ3) is 3.16. The van der Waals surface area contributed by atoms with Crippen LogP contribution in [0.2, 0.25) is 0 Å². The summed E-state index contributed by atoms with van der Waals surface area (Å²) in [5, 5.41) is 0.995. The van der Waals surface area contributed by atoms with Crippen molar-refractivity contribution in [2.75, 3.05) is 0 Å². The van der Waals surface area contributed by atoms with Crippen LogP contribution in [0.4, 0.5) is 0 Å². The van der Waals surface area contributed by atoms with Crippen molar-refractivity contribution >= 4 is 11.0 Å². The summed E-state index contributed by atoms with van der Waals surface area (Å²) in [5.41, 5.74) is 3.62. The van der Waals surface area contributed by atoms with Crippen LogP contribution in [0.3, 0.4) is 0 Å². The van der Waals surface area contributed by atoms with Gasteiger partial charge in [-0.05, 0) is 49.1 Å². The van der Waals surface area contributed by atoms with E-state index in [1.807, 2.05) is 49.4 Å². The zero-order valence-electron chi connectivity index (χ0n) is 14.2. The Kier molecular flexibility index (Phi) is 4.90. The summed E-state index contributed by atoms with van der Waals surface area (Å²) >= 11 is 0. The van der Waals surface area contributed by atoms with E-state index < -0.39 is 0 Å². The van der Waals surface area contributed by atoms with Gasteiger partial charge in [-0.3, -0.25) is 9.36 Å². The van der Waals surface area contributed by atoms with Crippen molar-refractivity contribution < 1.29 is 0 Å². The molecule has 0 bridgehead atoms. The predicted octanol–water partition coefficient (Wildman–Crippen LogP) is 4.73. The molecular weight excluding hydrogens is 296 g/mol. The Labute approximate surface area is 142 Å². The molecule has 3 aromatic rings. The number of hydrogen-bond donors (Lipinski definition) is 0. The fourth-order valence-electron chi connectivity index (χ4n) is 2.97. The van der Waals surface area contributed by atoms with Gasteiger partial charge < -0.3 is 0 Å². The van der Waals surface area contributed by atoms with E-state index >= 15 is 0 Å². The van der Waals surface area contributed by atoms with Crippen LogP contribution in [0.1, 0.15) is 25.3 Å². The highest BCUT2D eigenvalue weighted by Gasteiger charge is 2.12. The van der Waals surface area contributed by atoms with Gasteiger partial charge in [-0.1, -0.05) is 43.3 Å². The first-order chi connectivity index (χ1) is 11.7. The van der Waals surface area contributed by atoms with E-state index in [0.29, 0.717) is 6.54 Å². The first kappa shape index (κ1) is 16.2. The molecule has 0 fully saturated rings. The maximum atomic E-state index is 13.1. The molecular formula is C21H22N2O. The standard InChI is InChI=1S/C21H22N2O/c1-3-4-5-8-14-23-20-17(11-9-13-22-20)15-19(21(23)24)18-12-7-6-10-16(18)2/h4-7,9-13,15H,3,8,14H2,1-2H3. The number of pyridine rings is 2. The SMILES string of the molecule is CCC=CCCn1c(=O)c(-c2ccccc2C)cc2cccnc21. The summed E-state index contributed by atoms with van der Waals surface area (Å²) in [7, 11) is 0. The lowest BCUT2D eigenvalue weighted by Gasteiger charge is -2.12. The Morgan fingerprint density at radius 1 is 1.08 bits per heavy atom. The monoisotopic (exact) mass is 318 g/mol. The molecule has 24 heavy (non-hydrogen) atoms. The first-order valence-electron chi connectivity index (χ1n) is 8.42. The molecule has 0 radical (unpaired) electrons. The van der Waals surface area contributed by atoms with Gasteiger partial charge in [0.1, 0.15) is 5.65 Å². The minimum absolute atomic E-state index is 0.0281. The molecule has 0 aliphatic carbocycles. The van der Waals surface area contributed by atoms with E-state index in [1.165, 1.54) is 0 Å². The molecule has 0 saturated heterocycles. The second-order valence-corrected chi connectivity index (χ2v) is 5.91. The van der Waals surface area contributed by atoms with Gasteiger partial charge in [0.05, 0.1) is 0 Å². The number of hydrogen-bond acceptors (Lipinski definition) is 2. The zero-order valence-corrected chi connectivity index (χ0v) is 14.2. The number of fused-ring (bicyclic) bond motifs is 1. The summed E-state index contributed by atoms with van der Waals surface area (Å²) < 4.78 is 1.80. The largest absolute Gasteiger partial charge is 0.292 e. The second kappa shape index (κ2) is 7.26. The number of allylic oxidation sites excluding steroid dienone is 2. The molecule has 122 valence electrons. The minimum atomic E-state index is 0.0281. The van der Waals surface area contributed by atoms with Crippen molar-refractivity contribution in [3.05, 3.63) is 76.7 Å². The van der Waals surface area contributed by atoms with Crippen molar-refractivity contribution in [1.29, 1.82) is 0 Å². The van der Waals surface area contributed by atoms with Crippen LogP contribution in [-0.4, -0.2) is 9.55 Å². The van der Waals surface area contributed by atoms with Crippen molar-refractivity contribution in [2.24, 2.45) is 0 Å². The van der Waals surface area contributed by atoms with Crippen LogP contribution in [0.15, 0.2) is 65.6 Å². The lowest BCUT2D eigenvalue weighted by atomic mass is 10.0. The average molecular weight is 318 g/mol. The highest BCUT2D eigenvalue weighted by molar-refractivity contribution is 5.82. The Bertz CT molecular complexity index is 938. The maximum Gasteiger partial charge on any atom is 0.260 e. The van der Waals surface area contributed by atoms with Crippen molar-refractivity contribution in [2.45, 2.75) is 33.2 Å². The van der Waals surface area contributed by atoms with Gasteiger partial charge in [-0.2, -0.15) is 0 Å². The second-order valence-electron chi connectivity index (χ2n) is 5.91. The Morgan fingerprint density at radius 3 is 2.71 bits per heavy atom. The molecule has 0 aliphatic rings. The fraction of sp³-hybridized carbons (Fsp3) is 0.238. The van der Waals surface area contributed by atoms with Crippen LogP contribution in [0, 0.1) is 6.92 Å². The third-order valence-electron chi connectivity index (χ3n) is 4.20. The molecule has 0 unspecified atom stereocenters. The van der Waals surface area contributed by atoms with Gasteiger partial charge in [0.25, 0.3) is 5.56 Å². The van der Waals surface area contributed by atoms with E-state index in [1.54, 1.807) is 10.8 Å². The van der Waals surface area contributed by atoms with Crippen LogP contribution in [-0.2, 0) is 6.54 Å². The van der Waals surface area contributed by atoms with Crippen LogP contribution in [0.5, 0.6) is 0 Å². The predicted molar refractivity (Wildman–Crippen MR) is 100 cm³/mol. The molecule has 3 rings (SSSR count). The highest BCUT2D eigenvalue weighted by atomic mass is 16.1. The average Bonchev–Trinajstić information content (AvgIpc) is 2.60. The van der Waals surface area contributed by atoms with Crippen LogP contribution < -0.4 is 5.56 Å². The smallest absolute Gasteiger partial charge is 0.260 e. The molecule has 2 aromatic heterocycles. The van der Waals surface area contributed by atoms with Crippen molar-refractivity contribution in [3.63, 3.8) is 0 Å². The third-order valence-corrected chi connectivity index (χ3v) is 4.20. The Balaban J connectivity index is 2.18. The zero-order chi connectivity index (χ0) is 16.9. The lowest BCUT2D eigenvalue weighted by Crippen LogP contribution is -2.23. The molecule has 3 nitrogen and oxygen atoms in total. The molecule has 0 N–H and O–H groups in total. The van der Waals surface area contributed by atoms with Gasteiger partial charge in [-0.25, -0.2) is 4.98 Å². The molecule has 1 aromatic carbocycles. The fourth-order valence-corrected chi connectivity index (χ4v) is 2.97. The van der Waals surface area contributed by atoms with Gasteiger partial charge in [0.2, 0.25) is 0 Å². The summed E-state index contributed by atoms with van der Waals surface area (Å²) in [6.07, 6.45) is 7.84. The van der Waals surface area contributed by atoms with Gasteiger partial charge >= 0.3 is 0 Å². The summed E-state index contributed by atoms with van der Waals surface area (Å²) in [6.45, 7) is 4.79. The topological polar surface area (TPSA) is 34.9 Å². The van der Waals surface area contributed by atoms with E-state index in [4.69, 9.17) is 0 Å². The minimum Gasteiger partial charge on any atom is -0.292 e. The molecule has 0 saturated carbocycles. The maximum absolute atomic E-state index is 13.1. The van der Waals surface area contributed by atoms with Gasteiger partial charge in [-0.15, -0.1) is 0 Å². The molecule has 0 atom stereocenters. The van der Waals surface area contributed by atoms with Crippen LogP contribution in [0.25, 0.3) is 22.2 Å². The molecule has 2 heterocycles. The van der Waals surface area contributed by atoms with E-state index in [2.05, 4.69) is 24.1 Å². The Hall–Kier alpha value is -2.68. The Morgan fingerprint density at radius 2 is 1.92 bits per heavy atom. The molecule has 3 heteroatoms. The molecule has 0 spiro atoms. The lowest BCUT2D eigenvalue weighted by molar-refractivity contribution is 0.701. The normalized spacial score (nSPS) is 11.4. The van der Waals surface area contributed by atoms with Gasteiger partial charge in [0.15, 0.2) is 0 Å². The number of aromatic nitrogens is 2. The quantitative estimate of drug-likeness (QED) is 0.638. The summed E-state index contributed by atoms with van der Waals surface area (Å²) in [6, 6.07) is 13.9. The van der Waals surface area contributed by atoms with Gasteiger partial charge in [0, 0.05) is 23.7 Å². The van der Waals surface area contributed by atoms with Crippen molar-refractivity contribution in [1.82, 2.24) is 9.55 Å². The number of nitrogens with zero attached hydrogens (tertiary/aromatic N) is 2. The van der Waals surface area contributed by atoms with E-state index in [0.717, 1.165) is 40.6 Å². The first-order valence-corrected chi connectivity index (χ1v) is 8.42. The number of benzene rings is 1. The summed E-state index contributed by atoms with van der Waals surface area (Å²) in [5.74, 6) is 0. The summed E-state index contributed by atoms with van der Waals surface area (Å²) in [4.78, 5) is 17.5.